The summed E-state index contributed by atoms with van der Waals surface area (Å²) in [5, 5.41) is 2.93. The van der Waals surface area contributed by atoms with Gasteiger partial charge in [0.25, 0.3) is 5.91 Å². The summed E-state index contributed by atoms with van der Waals surface area (Å²) in [4.78, 5) is 37.0. The van der Waals surface area contributed by atoms with Crippen LogP contribution in [0.1, 0.15) is 29.8 Å². The number of nitrogens with zero attached hydrogens (tertiary/aromatic N) is 4. The third-order valence-electron chi connectivity index (χ3n) is 7.58. The van der Waals surface area contributed by atoms with Gasteiger partial charge < -0.3 is 20.0 Å². The van der Waals surface area contributed by atoms with Crippen LogP contribution in [0.4, 0.5) is 14.5 Å². The molecule has 37 heavy (non-hydrogen) atoms. The number of halogens is 2. The van der Waals surface area contributed by atoms with Crippen LogP contribution in [0.5, 0.6) is 0 Å². The summed E-state index contributed by atoms with van der Waals surface area (Å²) in [6.45, 7) is 8.44. The summed E-state index contributed by atoms with van der Waals surface area (Å²) >= 11 is 0. The van der Waals surface area contributed by atoms with Crippen molar-refractivity contribution in [3.05, 3.63) is 76.4 Å². The van der Waals surface area contributed by atoms with Crippen LogP contribution >= 0.6 is 0 Å². The molecule has 0 bridgehead atoms. The maximum atomic E-state index is 13.6. The molecule has 7 nitrogen and oxygen atoms in total. The Hall–Kier alpha value is -3.59. The molecular formula is C28H31F2N5O2. The van der Waals surface area contributed by atoms with Crippen LogP contribution in [0.2, 0.25) is 0 Å². The predicted octanol–water partition coefficient (Wildman–Crippen LogP) is 3.02. The van der Waals surface area contributed by atoms with E-state index in [0.29, 0.717) is 17.9 Å². The number of hydrogen-bond acceptors (Lipinski definition) is 5. The number of rotatable bonds is 4. The zero-order valence-corrected chi connectivity index (χ0v) is 21.4. The van der Waals surface area contributed by atoms with E-state index in [2.05, 4.69) is 27.2 Å². The zero-order chi connectivity index (χ0) is 26.3. The van der Waals surface area contributed by atoms with Crippen molar-refractivity contribution in [2.24, 2.45) is 4.99 Å². The van der Waals surface area contributed by atoms with Crippen LogP contribution in [0, 0.1) is 11.6 Å². The van der Waals surface area contributed by atoms with Crippen molar-refractivity contribution < 1.29 is 18.4 Å². The molecule has 3 heterocycles. The monoisotopic (exact) mass is 507 g/mol. The summed E-state index contributed by atoms with van der Waals surface area (Å²) in [7, 11) is 2.11. The fraction of sp³-hybridized carbons (Fsp3) is 0.393. The molecule has 9 heteroatoms. The van der Waals surface area contributed by atoms with Crippen molar-refractivity contribution in [1.29, 1.82) is 0 Å². The van der Waals surface area contributed by atoms with E-state index in [1.165, 1.54) is 12.1 Å². The lowest BCUT2D eigenvalue weighted by Gasteiger charge is -2.34. The first-order chi connectivity index (χ1) is 17.6. The fourth-order valence-electron chi connectivity index (χ4n) is 5.31. The number of hydrogen-bond donors (Lipinski definition) is 1. The van der Waals surface area contributed by atoms with Gasteiger partial charge in [0.1, 0.15) is 17.5 Å². The smallest absolute Gasteiger partial charge is 0.256 e. The number of anilines is 1. The molecule has 1 saturated heterocycles. The van der Waals surface area contributed by atoms with Crippen LogP contribution in [0.3, 0.4) is 0 Å². The van der Waals surface area contributed by atoms with Crippen molar-refractivity contribution in [3.63, 3.8) is 0 Å². The van der Waals surface area contributed by atoms with Crippen LogP contribution in [-0.4, -0.2) is 79.3 Å². The van der Waals surface area contributed by atoms with E-state index >= 15 is 0 Å². The molecule has 2 aromatic rings. The predicted molar refractivity (Wildman–Crippen MR) is 139 cm³/mol. The van der Waals surface area contributed by atoms with E-state index in [-0.39, 0.29) is 30.3 Å². The largest absolute Gasteiger partial charge is 0.369 e. The first kappa shape index (κ1) is 25.1. The lowest BCUT2D eigenvalue weighted by Crippen LogP contribution is -2.47. The van der Waals surface area contributed by atoms with Crippen molar-refractivity contribution in [2.75, 3.05) is 51.2 Å². The lowest BCUT2D eigenvalue weighted by atomic mass is 9.93. The van der Waals surface area contributed by atoms with Gasteiger partial charge in [-0.15, -0.1) is 0 Å². The summed E-state index contributed by atoms with van der Waals surface area (Å²) in [6.07, 6.45) is -0.114. The molecule has 1 N–H and O–H groups in total. The minimum Gasteiger partial charge on any atom is -0.369 e. The average molecular weight is 508 g/mol. The van der Waals surface area contributed by atoms with Gasteiger partial charge in [-0.1, -0.05) is 0 Å². The summed E-state index contributed by atoms with van der Waals surface area (Å²) in [6, 6.07) is 10.7. The number of nitrogens with one attached hydrogen (secondary N) is 1. The van der Waals surface area contributed by atoms with Gasteiger partial charge in [0, 0.05) is 49.1 Å². The molecule has 2 amide bonds. The summed E-state index contributed by atoms with van der Waals surface area (Å²) in [5.74, 6) is -1.44. The topological polar surface area (TPSA) is 68.2 Å². The number of carbonyl (C=O) groups is 2. The molecule has 5 rings (SSSR count). The average Bonchev–Trinajstić information content (AvgIpc) is 3.36. The first-order valence-electron chi connectivity index (χ1n) is 12.5. The Morgan fingerprint density at radius 3 is 2.30 bits per heavy atom. The molecule has 194 valence electrons. The molecular weight excluding hydrogens is 476 g/mol. The van der Waals surface area contributed by atoms with Crippen molar-refractivity contribution in [2.45, 2.75) is 25.8 Å². The molecule has 0 aliphatic carbocycles. The fourth-order valence-corrected chi connectivity index (χ4v) is 5.31. The van der Waals surface area contributed by atoms with Gasteiger partial charge in [-0.25, -0.2) is 8.78 Å². The highest BCUT2D eigenvalue weighted by Gasteiger charge is 2.45. The van der Waals surface area contributed by atoms with Crippen LogP contribution in [0.25, 0.3) is 0 Å². The van der Waals surface area contributed by atoms with E-state index in [1.54, 1.807) is 4.90 Å². The van der Waals surface area contributed by atoms with Gasteiger partial charge in [0.2, 0.25) is 5.91 Å². The van der Waals surface area contributed by atoms with E-state index in [9.17, 15) is 18.4 Å². The molecule has 1 fully saturated rings. The van der Waals surface area contributed by atoms with Gasteiger partial charge in [-0.2, -0.15) is 0 Å². The minimum absolute atomic E-state index is 0.114. The molecule has 0 radical (unpaired) electrons. The van der Waals surface area contributed by atoms with Gasteiger partial charge in [0.15, 0.2) is 0 Å². The number of carbonyl (C=O) groups excluding carboxylic acids is 2. The molecule has 0 saturated carbocycles. The third kappa shape index (κ3) is 5.00. The quantitative estimate of drug-likeness (QED) is 0.691. The van der Waals surface area contributed by atoms with Gasteiger partial charge in [-0.3, -0.25) is 14.6 Å². The Kier molecular flexibility index (Phi) is 6.58. The number of benzene rings is 2. The standard InChI is InChI=1S/C28H31F2N5O2/c1-28(2)24-16-31-26(23(24)17-35(28)25(36)14-18-12-20(29)15-21(30)13-18)32-27(37)19-4-6-22(7-5-19)34-10-8-33(3)9-11-34/h4-7,12-13,15H,8-11,14,16-17H2,1-3H3,(H,31,32,37). The summed E-state index contributed by atoms with van der Waals surface area (Å²) in [5.41, 5.74) is 3.08. The second-order valence-electron chi connectivity index (χ2n) is 10.4. The highest BCUT2D eigenvalue weighted by atomic mass is 19.1. The highest BCUT2D eigenvalue weighted by Crippen LogP contribution is 2.38. The molecule has 0 atom stereocenters. The maximum absolute atomic E-state index is 13.6. The maximum Gasteiger partial charge on any atom is 0.256 e. The van der Waals surface area contributed by atoms with Crippen molar-refractivity contribution in [1.82, 2.24) is 15.1 Å². The Balaban J connectivity index is 1.24. The zero-order valence-electron chi connectivity index (χ0n) is 21.4. The number of aliphatic imine (C=N–C) groups is 1. The van der Waals surface area contributed by atoms with Gasteiger partial charge in [-0.05, 0) is 68.4 Å². The number of piperazine rings is 1. The molecule has 0 spiro atoms. The molecule has 0 unspecified atom stereocenters. The van der Waals surface area contributed by atoms with E-state index in [0.717, 1.165) is 49.1 Å². The van der Waals surface area contributed by atoms with Gasteiger partial charge >= 0.3 is 0 Å². The minimum atomic E-state index is -0.710. The molecule has 0 aromatic heterocycles. The Morgan fingerprint density at radius 2 is 1.65 bits per heavy atom. The van der Waals surface area contributed by atoms with E-state index in [4.69, 9.17) is 0 Å². The van der Waals surface area contributed by atoms with Crippen LogP contribution in [-0.2, 0) is 11.2 Å². The number of amides is 2. The SMILES string of the molecule is CN1CCN(c2ccc(C(=O)NC3=NCC4=C3CN(C(=O)Cc3cc(F)cc(F)c3)C4(C)C)cc2)CC1. The Bertz CT molecular complexity index is 1270. The van der Waals surface area contributed by atoms with Crippen molar-refractivity contribution >= 4 is 23.3 Å². The Labute approximate surface area is 215 Å². The van der Waals surface area contributed by atoms with Gasteiger partial charge in [0.05, 0.1) is 25.0 Å². The second-order valence-corrected chi connectivity index (χ2v) is 10.4. The van der Waals surface area contributed by atoms with E-state index in [1.807, 2.05) is 38.1 Å². The Morgan fingerprint density at radius 1 is 1.00 bits per heavy atom. The lowest BCUT2D eigenvalue weighted by molar-refractivity contribution is -0.133. The van der Waals surface area contributed by atoms with E-state index < -0.39 is 17.2 Å². The number of likely N-dealkylation sites (N-methyl/N-ethyl adjacent to an activating group) is 1. The van der Waals surface area contributed by atoms with Crippen LogP contribution in [0.15, 0.2) is 58.6 Å². The number of amidine groups is 1. The molecule has 3 aliphatic heterocycles. The summed E-state index contributed by atoms with van der Waals surface area (Å²) < 4.78 is 27.2. The molecule has 2 aromatic carbocycles. The highest BCUT2D eigenvalue weighted by molar-refractivity contribution is 6.14. The second kappa shape index (κ2) is 9.70. The first-order valence-corrected chi connectivity index (χ1v) is 12.5. The van der Waals surface area contributed by atoms with Crippen LogP contribution < -0.4 is 10.2 Å². The normalized spacial score (nSPS) is 19.2. The molecule has 3 aliphatic rings. The van der Waals surface area contributed by atoms with Crippen molar-refractivity contribution in [3.8, 4) is 0 Å². The third-order valence-corrected chi connectivity index (χ3v) is 7.58.